The number of nitrogens with one attached hydrogen (secondary N) is 2. The highest BCUT2D eigenvalue weighted by Gasteiger charge is 2.17. The van der Waals surface area contributed by atoms with Crippen LogP contribution in [0.4, 0.5) is 0 Å². The van der Waals surface area contributed by atoms with Crippen LogP contribution < -0.4 is 10.6 Å². The Morgan fingerprint density at radius 2 is 2.00 bits per heavy atom. The molecule has 0 fully saturated rings. The number of rotatable bonds is 7. The molecule has 0 aliphatic carbocycles. The molecule has 0 saturated heterocycles. The van der Waals surface area contributed by atoms with Gasteiger partial charge in [0, 0.05) is 12.6 Å². The second-order valence-corrected chi connectivity index (χ2v) is 5.44. The quantitative estimate of drug-likeness (QED) is 0.704. The van der Waals surface area contributed by atoms with Crippen LogP contribution in [0.2, 0.25) is 0 Å². The summed E-state index contributed by atoms with van der Waals surface area (Å²) in [5.41, 5.74) is 0.441. The Morgan fingerprint density at radius 3 is 2.48 bits per heavy atom. The first-order valence-electron chi connectivity index (χ1n) is 7.10. The molecule has 2 amide bonds. The zero-order valence-electron chi connectivity index (χ0n) is 13.0. The fourth-order valence-electron chi connectivity index (χ4n) is 2.08. The SMILES string of the molecule is Cc1cc(C(=O)NCC(=O)NC(CCO)C(C)C)c(C)o1. The Kier molecular flexibility index (Phi) is 6.42. The standard InChI is InChI=1S/C15H24N2O4/c1-9(2)13(5-6-18)17-14(19)8-16-15(20)12-7-10(3)21-11(12)4/h7,9,13,18H,5-6,8H2,1-4H3,(H,16,20)(H,17,19). The lowest BCUT2D eigenvalue weighted by Gasteiger charge is -2.21. The molecular formula is C15H24N2O4. The van der Waals surface area contributed by atoms with E-state index in [1.807, 2.05) is 13.8 Å². The van der Waals surface area contributed by atoms with Gasteiger partial charge in [0.05, 0.1) is 12.1 Å². The third-order valence-corrected chi connectivity index (χ3v) is 3.29. The van der Waals surface area contributed by atoms with Crippen LogP contribution in [0.1, 0.15) is 42.1 Å². The average Bonchev–Trinajstić information content (AvgIpc) is 2.74. The largest absolute Gasteiger partial charge is 0.466 e. The fraction of sp³-hybridized carbons (Fsp3) is 0.600. The van der Waals surface area contributed by atoms with Gasteiger partial charge in [0.2, 0.25) is 5.91 Å². The number of aliphatic hydroxyl groups is 1. The van der Waals surface area contributed by atoms with Crippen molar-refractivity contribution in [2.75, 3.05) is 13.2 Å². The van der Waals surface area contributed by atoms with Crippen molar-refractivity contribution in [1.82, 2.24) is 10.6 Å². The molecule has 1 aromatic rings. The Balaban J connectivity index is 2.49. The second-order valence-electron chi connectivity index (χ2n) is 5.44. The number of aryl methyl sites for hydroxylation is 2. The third-order valence-electron chi connectivity index (χ3n) is 3.29. The van der Waals surface area contributed by atoms with E-state index in [0.717, 1.165) is 0 Å². The summed E-state index contributed by atoms with van der Waals surface area (Å²) in [6, 6.07) is 1.54. The van der Waals surface area contributed by atoms with E-state index in [1.165, 1.54) is 0 Å². The Morgan fingerprint density at radius 1 is 1.33 bits per heavy atom. The summed E-state index contributed by atoms with van der Waals surface area (Å²) in [5.74, 6) is 0.808. The lowest BCUT2D eigenvalue weighted by atomic mass is 10.0. The molecule has 0 spiro atoms. The molecule has 1 rings (SSSR count). The molecule has 1 unspecified atom stereocenters. The Hall–Kier alpha value is -1.82. The molecule has 21 heavy (non-hydrogen) atoms. The summed E-state index contributed by atoms with van der Waals surface area (Å²) < 4.78 is 5.28. The highest BCUT2D eigenvalue weighted by molar-refractivity contribution is 5.97. The first-order valence-corrected chi connectivity index (χ1v) is 7.10. The predicted octanol–water partition coefficient (Wildman–Crippen LogP) is 1.15. The average molecular weight is 296 g/mol. The maximum Gasteiger partial charge on any atom is 0.255 e. The first-order chi connectivity index (χ1) is 9.85. The topological polar surface area (TPSA) is 91.6 Å². The van der Waals surface area contributed by atoms with Gasteiger partial charge in [0.25, 0.3) is 5.91 Å². The van der Waals surface area contributed by atoms with Crippen LogP contribution in [0.15, 0.2) is 10.5 Å². The summed E-state index contributed by atoms with van der Waals surface area (Å²) in [5, 5.41) is 14.3. The van der Waals surface area contributed by atoms with Crippen molar-refractivity contribution < 1.29 is 19.1 Å². The van der Waals surface area contributed by atoms with Gasteiger partial charge >= 0.3 is 0 Å². The molecule has 118 valence electrons. The summed E-state index contributed by atoms with van der Waals surface area (Å²) >= 11 is 0. The Bertz CT molecular complexity index is 494. The number of amides is 2. The van der Waals surface area contributed by atoms with E-state index in [2.05, 4.69) is 10.6 Å². The van der Waals surface area contributed by atoms with Gasteiger partial charge in [-0.3, -0.25) is 9.59 Å². The lowest BCUT2D eigenvalue weighted by molar-refractivity contribution is -0.121. The molecule has 6 nitrogen and oxygen atoms in total. The third kappa shape index (κ3) is 5.23. The van der Waals surface area contributed by atoms with E-state index < -0.39 is 0 Å². The van der Waals surface area contributed by atoms with E-state index in [-0.39, 0.29) is 36.9 Å². The van der Waals surface area contributed by atoms with Gasteiger partial charge in [0.1, 0.15) is 11.5 Å². The second kappa shape index (κ2) is 7.83. The number of furan rings is 1. The van der Waals surface area contributed by atoms with E-state index >= 15 is 0 Å². The Labute approximate surface area is 124 Å². The first kappa shape index (κ1) is 17.2. The zero-order chi connectivity index (χ0) is 16.0. The van der Waals surface area contributed by atoms with Gasteiger partial charge in [-0.15, -0.1) is 0 Å². The minimum Gasteiger partial charge on any atom is -0.466 e. The van der Waals surface area contributed by atoms with Crippen molar-refractivity contribution in [2.45, 2.75) is 40.2 Å². The van der Waals surface area contributed by atoms with Crippen LogP contribution in [0.25, 0.3) is 0 Å². The highest BCUT2D eigenvalue weighted by Crippen LogP contribution is 2.13. The number of carbonyl (C=O) groups is 2. The van der Waals surface area contributed by atoms with Gasteiger partial charge in [-0.2, -0.15) is 0 Å². The molecule has 1 aromatic heterocycles. The van der Waals surface area contributed by atoms with Crippen molar-refractivity contribution in [3.63, 3.8) is 0 Å². The van der Waals surface area contributed by atoms with Crippen LogP contribution in [0.3, 0.4) is 0 Å². The van der Waals surface area contributed by atoms with E-state index in [4.69, 9.17) is 9.52 Å². The minimum absolute atomic E-state index is 0.0168. The van der Waals surface area contributed by atoms with E-state index in [0.29, 0.717) is 23.5 Å². The number of hydrogen-bond acceptors (Lipinski definition) is 4. The summed E-state index contributed by atoms with van der Waals surface area (Å²) in [6.07, 6.45) is 0.497. The van der Waals surface area contributed by atoms with Crippen LogP contribution in [-0.2, 0) is 4.79 Å². The molecule has 1 heterocycles. The molecule has 0 bridgehead atoms. The van der Waals surface area contributed by atoms with Crippen LogP contribution in [0, 0.1) is 19.8 Å². The van der Waals surface area contributed by atoms with Gasteiger partial charge in [-0.05, 0) is 32.3 Å². The van der Waals surface area contributed by atoms with Crippen molar-refractivity contribution >= 4 is 11.8 Å². The number of hydrogen-bond donors (Lipinski definition) is 3. The van der Waals surface area contributed by atoms with Gasteiger partial charge in [0.15, 0.2) is 0 Å². The molecule has 0 radical (unpaired) electrons. The van der Waals surface area contributed by atoms with Crippen molar-refractivity contribution in [3.8, 4) is 0 Å². The molecule has 0 aromatic carbocycles. The summed E-state index contributed by atoms with van der Waals surface area (Å²) in [4.78, 5) is 23.8. The number of carbonyl (C=O) groups excluding carboxylic acids is 2. The fourth-order valence-corrected chi connectivity index (χ4v) is 2.08. The van der Waals surface area contributed by atoms with Crippen molar-refractivity contribution in [2.24, 2.45) is 5.92 Å². The highest BCUT2D eigenvalue weighted by atomic mass is 16.3. The molecule has 0 aliphatic heterocycles. The monoisotopic (exact) mass is 296 g/mol. The van der Waals surface area contributed by atoms with Crippen molar-refractivity contribution in [3.05, 3.63) is 23.2 Å². The van der Waals surface area contributed by atoms with Crippen LogP contribution >= 0.6 is 0 Å². The number of aliphatic hydroxyl groups excluding tert-OH is 1. The zero-order valence-corrected chi connectivity index (χ0v) is 13.0. The molecule has 0 saturated carbocycles. The lowest BCUT2D eigenvalue weighted by Crippen LogP contribution is -2.44. The molecular weight excluding hydrogens is 272 g/mol. The summed E-state index contributed by atoms with van der Waals surface area (Å²) in [6.45, 7) is 7.32. The molecule has 3 N–H and O–H groups in total. The maximum absolute atomic E-state index is 11.9. The van der Waals surface area contributed by atoms with E-state index in [1.54, 1.807) is 19.9 Å². The molecule has 0 aliphatic rings. The normalized spacial score (nSPS) is 12.3. The van der Waals surface area contributed by atoms with Gasteiger partial charge < -0.3 is 20.2 Å². The van der Waals surface area contributed by atoms with Crippen LogP contribution in [0.5, 0.6) is 0 Å². The minimum atomic E-state index is -0.331. The molecule has 6 heteroatoms. The van der Waals surface area contributed by atoms with Gasteiger partial charge in [-0.25, -0.2) is 0 Å². The molecule has 1 atom stereocenters. The van der Waals surface area contributed by atoms with Crippen LogP contribution in [-0.4, -0.2) is 36.1 Å². The van der Waals surface area contributed by atoms with E-state index in [9.17, 15) is 9.59 Å². The summed E-state index contributed by atoms with van der Waals surface area (Å²) in [7, 11) is 0. The van der Waals surface area contributed by atoms with Crippen molar-refractivity contribution in [1.29, 1.82) is 0 Å². The smallest absolute Gasteiger partial charge is 0.255 e. The predicted molar refractivity (Wildman–Crippen MR) is 79.0 cm³/mol. The van der Waals surface area contributed by atoms with Gasteiger partial charge in [-0.1, -0.05) is 13.8 Å². The maximum atomic E-state index is 11.9.